The second-order valence-corrected chi connectivity index (χ2v) is 18.1. The van der Waals surface area contributed by atoms with Crippen LogP contribution in [-0.2, 0) is 29.5 Å². The molecule has 2 aliphatic rings. The SMILES string of the molecule is CCS(=O)(=O)NC1CCOCC1COc1ccc(-c2ccc(Cl)cn2)cc1F.CCS(=O)(=O)N[C@H]1CCOC[C@@H]1COc1ccc(-c2ccc(Cl)cn2)cc1F. The van der Waals surface area contributed by atoms with Crippen molar-refractivity contribution in [3.05, 3.63) is 94.7 Å². The highest BCUT2D eigenvalue weighted by atomic mass is 35.5. The number of aromatic nitrogens is 2. The van der Waals surface area contributed by atoms with Crippen molar-refractivity contribution in [3.8, 4) is 34.0 Å². The molecule has 56 heavy (non-hydrogen) atoms. The van der Waals surface area contributed by atoms with Crippen molar-refractivity contribution >= 4 is 43.2 Å². The van der Waals surface area contributed by atoms with E-state index >= 15 is 0 Å². The van der Waals surface area contributed by atoms with Crippen LogP contribution in [0.25, 0.3) is 22.5 Å². The molecule has 2 N–H and O–H groups in total. The Balaban J connectivity index is 0.000000214. The number of hydrogen-bond acceptors (Lipinski definition) is 10. The molecule has 0 spiro atoms. The van der Waals surface area contributed by atoms with Crippen molar-refractivity contribution < 1.29 is 44.6 Å². The van der Waals surface area contributed by atoms with Gasteiger partial charge in [-0.3, -0.25) is 9.97 Å². The highest BCUT2D eigenvalue weighted by Crippen LogP contribution is 2.28. The third-order valence-electron chi connectivity index (χ3n) is 9.19. The fraction of sp³-hybridized carbons (Fsp3) is 0.421. The number of ether oxygens (including phenoxy) is 4. The lowest BCUT2D eigenvalue weighted by Gasteiger charge is -2.31. The van der Waals surface area contributed by atoms with Gasteiger partial charge in [-0.05, 0) is 87.4 Å². The Morgan fingerprint density at radius 1 is 0.679 bits per heavy atom. The number of rotatable bonds is 14. The monoisotopic (exact) mass is 856 g/mol. The highest BCUT2D eigenvalue weighted by molar-refractivity contribution is 7.89. The lowest BCUT2D eigenvalue weighted by Crippen LogP contribution is -2.48. The molecule has 0 aliphatic carbocycles. The molecular formula is C38H44Cl2F2N4O8S2. The van der Waals surface area contributed by atoms with E-state index in [0.717, 1.165) is 0 Å². The summed E-state index contributed by atoms with van der Waals surface area (Å²) in [6, 6.07) is 15.4. The smallest absolute Gasteiger partial charge is 0.211 e. The van der Waals surface area contributed by atoms with Gasteiger partial charge in [0.05, 0.1) is 59.4 Å². The molecule has 4 heterocycles. The van der Waals surface area contributed by atoms with Crippen molar-refractivity contribution in [1.29, 1.82) is 0 Å². The largest absolute Gasteiger partial charge is 0.490 e. The van der Waals surface area contributed by atoms with Crippen LogP contribution in [0.4, 0.5) is 8.78 Å². The van der Waals surface area contributed by atoms with Crippen molar-refractivity contribution in [1.82, 2.24) is 19.4 Å². The molecule has 0 saturated carbocycles. The minimum Gasteiger partial charge on any atom is -0.490 e. The molecule has 6 rings (SSSR count). The van der Waals surface area contributed by atoms with Gasteiger partial charge in [0, 0.05) is 60.7 Å². The maximum absolute atomic E-state index is 14.5. The molecule has 2 unspecified atom stereocenters. The Morgan fingerprint density at radius 3 is 1.43 bits per heavy atom. The normalized spacial score (nSPS) is 20.1. The Hall–Kier alpha value is -3.48. The van der Waals surface area contributed by atoms with Gasteiger partial charge in [0.1, 0.15) is 0 Å². The van der Waals surface area contributed by atoms with Crippen LogP contribution >= 0.6 is 23.2 Å². The average molecular weight is 858 g/mol. The number of pyridine rings is 2. The molecule has 2 saturated heterocycles. The molecule has 2 aromatic carbocycles. The molecule has 12 nitrogen and oxygen atoms in total. The minimum atomic E-state index is -3.33. The van der Waals surface area contributed by atoms with Gasteiger partial charge in [-0.1, -0.05) is 23.2 Å². The zero-order valence-corrected chi connectivity index (χ0v) is 33.9. The van der Waals surface area contributed by atoms with Crippen LogP contribution < -0.4 is 18.9 Å². The topological polar surface area (TPSA) is 155 Å². The molecule has 2 aliphatic heterocycles. The summed E-state index contributed by atoms with van der Waals surface area (Å²) < 4.78 is 104. The van der Waals surface area contributed by atoms with Crippen molar-refractivity contribution in [2.24, 2.45) is 11.8 Å². The third-order valence-corrected chi connectivity index (χ3v) is 12.5. The lowest BCUT2D eigenvalue weighted by atomic mass is 9.98. The summed E-state index contributed by atoms with van der Waals surface area (Å²) in [6.45, 7) is 5.11. The van der Waals surface area contributed by atoms with Crippen LogP contribution in [0.15, 0.2) is 73.1 Å². The van der Waals surface area contributed by atoms with Crippen LogP contribution in [0.2, 0.25) is 10.0 Å². The van der Waals surface area contributed by atoms with Gasteiger partial charge >= 0.3 is 0 Å². The fourth-order valence-electron chi connectivity index (χ4n) is 5.90. The van der Waals surface area contributed by atoms with Gasteiger partial charge in [0.2, 0.25) is 20.0 Å². The van der Waals surface area contributed by atoms with Crippen LogP contribution in [0.1, 0.15) is 26.7 Å². The number of nitrogens with one attached hydrogen (secondary N) is 2. The number of benzene rings is 2. The van der Waals surface area contributed by atoms with E-state index in [1.54, 1.807) is 50.2 Å². The van der Waals surface area contributed by atoms with E-state index in [9.17, 15) is 25.6 Å². The minimum absolute atomic E-state index is 0.00670. The standard InChI is InChI=1S/2C19H22ClFN2O4S/c2*1-2-28(24,25)23-18-7-8-26-11-14(18)12-27-19-6-3-13(9-16(19)21)17-5-4-15(20)10-22-17/h2*3-6,9-10,14,18,23H,2,7-8,11-12H2,1H3/t14-,18+;/m1./s1. The number of nitrogens with zero attached hydrogens (tertiary/aromatic N) is 2. The zero-order chi connectivity index (χ0) is 40.3. The molecular weight excluding hydrogens is 813 g/mol. The maximum atomic E-state index is 14.5. The molecule has 0 radical (unpaired) electrons. The molecule has 2 fully saturated rings. The molecule has 2 aromatic heterocycles. The first-order valence-corrected chi connectivity index (χ1v) is 22.1. The summed E-state index contributed by atoms with van der Waals surface area (Å²) in [4.78, 5) is 8.34. The Labute approximate surface area is 336 Å². The summed E-state index contributed by atoms with van der Waals surface area (Å²) in [6.07, 6.45) is 4.10. The van der Waals surface area contributed by atoms with E-state index in [1.165, 1.54) is 36.7 Å². The average Bonchev–Trinajstić information content (AvgIpc) is 3.18. The van der Waals surface area contributed by atoms with E-state index in [-0.39, 0.29) is 60.1 Å². The first-order chi connectivity index (χ1) is 26.8. The Bertz CT molecular complexity index is 1970. The van der Waals surface area contributed by atoms with Crippen LogP contribution in [-0.4, -0.2) is 90.0 Å². The fourth-order valence-corrected chi connectivity index (χ4v) is 8.00. The number of halogens is 4. The third kappa shape index (κ3) is 12.8. The van der Waals surface area contributed by atoms with Gasteiger partial charge in [-0.15, -0.1) is 0 Å². The molecule has 4 aromatic rings. The lowest BCUT2D eigenvalue weighted by molar-refractivity contribution is 0.0179. The first kappa shape index (κ1) is 43.6. The van der Waals surface area contributed by atoms with E-state index in [1.807, 2.05) is 0 Å². The van der Waals surface area contributed by atoms with Crippen molar-refractivity contribution in [2.45, 2.75) is 38.8 Å². The summed E-state index contributed by atoms with van der Waals surface area (Å²) in [5, 5.41) is 1.01. The summed E-state index contributed by atoms with van der Waals surface area (Å²) >= 11 is 11.6. The van der Waals surface area contributed by atoms with E-state index in [0.29, 0.717) is 71.8 Å². The summed E-state index contributed by atoms with van der Waals surface area (Å²) in [7, 11) is -6.67. The van der Waals surface area contributed by atoms with E-state index in [4.69, 9.17) is 42.1 Å². The van der Waals surface area contributed by atoms with Crippen LogP contribution in [0.3, 0.4) is 0 Å². The molecule has 4 atom stereocenters. The first-order valence-electron chi connectivity index (χ1n) is 18.0. The van der Waals surface area contributed by atoms with Gasteiger partial charge in [0.15, 0.2) is 23.1 Å². The van der Waals surface area contributed by atoms with Gasteiger partial charge < -0.3 is 18.9 Å². The van der Waals surface area contributed by atoms with Gasteiger partial charge in [-0.2, -0.15) is 0 Å². The van der Waals surface area contributed by atoms with E-state index < -0.39 is 31.7 Å². The van der Waals surface area contributed by atoms with Gasteiger partial charge in [0.25, 0.3) is 0 Å². The van der Waals surface area contributed by atoms with Crippen molar-refractivity contribution in [2.75, 3.05) is 51.1 Å². The second-order valence-electron chi connectivity index (χ2n) is 13.1. The molecule has 18 heteroatoms. The summed E-state index contributed by atoms with van der Waals surface area (Å²) in [5.74, 6) is -1.23. The highest BCUT2D eigenvalue weighted by Gasteiger charge is 2.31. The van der Waals surface area contributed by atoms with Crippen LogP contribution in [0.5, 0.6) is 11.5 Å². The second kappa shape index (κ2) is 20.3. The van der Waals surface area contributed by atoms with Gasteiger partial charge in [-0.25, -0.2) is 35.1 Å². The Morgan fingerprint density at radius 2 is 1.09 bits per heavy atom. The predicted octanol–water partition coefficient (Wildman–Crippen LogP) is 6.53. The van der Waals surface area contributed by atoms with Crippen molar-refractivity contribution in [3.63, 3.8) is 0 Å². The predicted molar refractivity (Wildman–Crippen MR) is 211 cm³/mol. The maximum Gasteiger partial charge on any atom is 0.211 e. The quantitative estimate of drug-likeness (QED) is 0.143. The Kier molecular flexibility index (Phi) is 15.8. The van der Waals surface area contributed by atoms with E-state index in [2.05, 4.69) is 19.4 Å². The summed E-state index contributed by atoms with van der Waals surface area (Å²) in [5.41, 5.74) is 2.42. The number of hydrogen-bond donors (Lipinski definition) is 2. The molecule has 0 amide bonds. The molecule has 304 valence electrons. The van der Waals surface area contributed by atoms with Crippen LogP contribution in [0, 0.1) is 23.5 Å². The zero-order valence-electron chi connectivity index (χ0n) is 30.8. The molecule has 0 bridgehead atoms. The number of sulfonamides is 2.